The normalized spacial score (nSPS) is 11.4. The summed E-state index contributed by atoms with van der Waals surface area (Å²) in [6.45, 7) is 4.23. The topological polar surface area (TPSA) is 140 Å². The van der Waals surface area contributed by atoms with Gasteiger partial charge in [0.05, 0.1) is 6.61 Å². The molecule has 0 fully saturated rings. The fourth-order valence-corrected chi connectivity index (χ4v) is 2.81. The van der Waals surface area contributed by atoms with Crippen LogP contribution < -0.4 is 20.8 Å². The molecule has 33 heavy (non-hydrogen) atoms. The average molecular weight is 466 g/mol. The molecule has 0 bridgehead atoms. The monoisotopic (exact) mass is 465 g/mol. The molecular weight excluding hydrogens is 430 g/mol. The first-order valence-corrected chi connectivity index (χ1v) is 10.9. The van der Waals surface area contributed by atoms with Crippen LogP contribution in [0.2, 0.25) is 0 Å². The summed E-state index contributed by atoms with van der Waals surface area (Å²) in [4.78, 5) is 49.4. The van der Waals surface area contributed by atoms with Gasteiger partial charge in [0, 0.05) is 32.0 Å². The molecule has 1 rings (SSSR count). The van der Waals surface area contributed by atoms with Crippen molar-refractivity contribution in [3.8, 4) is 5.75 Å². The number of carbonyl (C=O) groups is 4. The Labute approximate surface area is 194 Å². The number of hydrogen-bond donors (Lipinski definition) is 4. The molecular formula is C22H35N5O6. The molecule has 0 aliphatic carbocycles. The van der Waals surface area contributed by atoms with Crippen molar-refractivity contribution in [1.82, 2.24) is 20.7 Å². The summed E-state index contributed by atoms with van der Waals surface area (Å²) in [7, 11) is 3.83. The zero-order valence-corrected chi connectivity index (χ0v) is 19.7. The molecule has 3 amide bonds. The zero-order chi connectivity index (χ0) is 24.8. The average Bonchev–Trinajstić information content (AvgIpc) is 2.74. The Balaban J connectivity index is 2.83. The fourth-order valence-electron chi connectivity index (χ4n) is 2.81. The van der Waals surface area contributed by atoms with Crippen molar-refractivity contribution in [3.63, 3.8) is 0 Å². The lowest BCUT2D eigenvalue weighted by Gasteiger charge is -2.28. The molecule has 0 heterocycles. The molecule has 0 aliphatic rings. The predicted octanol–water partition coefficient (Wildman–Crippen LogP) is 1.03. The number of benzene rings is 1. The number of ether oxygens (including phenoxy) is 1. The molecule has 1 unspecified atom stereocenters. The van der Waals surface area contributed by atoms with Gasteiger partial charge in [-0.15, -0.1) is 0 Å². The maximum atomic E-state index is 13.0. The number of rotatable bonds is 14. The number of carbonyl (C=O) groups excluding carboxylic acids is 3. The summed E-state index contributed by atoms with van der Waals surface area (Å²) in [5.74, 6) is -1.53. The molecule has 1 aromatic carbocycles. The Bertz CT molecular complexity index is 784. The third-order valence-corrected chi connectivity index (χ3v) is 4.41. The standard InChI is InChI=1S/C22H35N5O6/c1-5-27(25-16(2)28)22(32)21(24-19(29)8-6-14-26(3)4)23-17-10-12-18(13-11-17)33-15-7-9-20(30)31/h10-13,21,23H,5-9,14-15H2,1-4H3,(H,24,29)(H,25,28)(H,30,31). The zero-order valence-electron chi connectivity index (χ0n) is 19.7. The molecule has 0 aliphatic heterocycles. The number of carboxylic acid groups (broad SMARTS) is 1. The lowest BCUT2D eigenvalue weighted by molar-refractivity contribution is -0.142. The van der Waals surface area contributed by atoms with E-state index in [9.17, 15) is 19.2 Å². The number of aliphatic carboxylic acids is 1. The van der Waals surface area contributed by atoms with E-state index < -0.39 is 23.9 Å². The SMILES string of the molecule is CCN(NC(C)=O)C(=O)C(NC(=O)CCCN(C)C)Nc1ccc(OCCCC(=O)O)cc1. The van der Waals surface area contributed by atoms with Crippen LogP contribution in [-0.4, -0.2) is 78.7 Å². The third kappa shape index (κ3) is 11.7. The van der Waals surface area contributed by atoms with Crippen molar-refractivity contribution in [2.75, 3.05) is 39.1 Å². The summed E-state index contributed by atoms with van der Waals surface area (Å²) >= 11 is 0. The second-order valence-corrected chi connectivity index (χ2v) is 7.67. The van der Waals surface area contributed by atoms with E-state index in [1.807, 2.05) is 19.0 Å². The molecule has 11 nitrogen and oxygen atoms in total. The molecule has 0 saturated heterocycles. The van der Waals surface area contributed by atoms with Gasteiger partial charge in [-0.1, -0.05) is 0 Å². The van der Waals surface area contributed by atoms with E-state index in [4.69, 9.17) is 9.84 Å². The van der Waals surface area contributed by atoms with Crippen LogP contribution in [0, 0.1) is 0 Å². The summed E-state index contributed by atoms with van der Waals surface area (Å²) in [5, 5.41) is 15.5. The Morgan fingerprint density at radius 3 is 2.27 bits per heavy atom. The van der Waals surface area contributed by atoms with Crippen LogP contribution in [0.5, 0.6) is 5.75 Å². The maximum absolute atomic E-state index is 13.0. The number of nitrogens with zero attached hydrogens (tertiary/aromatic N) is 2. The molecule has 11 heteroatoms. The van der Waals surface area contributed by atoms with Crippen LogP contribution in [0.15, 0.2) is 24.3 Å². The van der Waals surface area contributed by atoms with E-state index in [-0.39, 0.29) is 31.9 Å². The summed E-state index contributed by atoms with van der Waals surface area (Å²) in [6.07, 6.45) is 0.211. The van der Waals surface area contributed by atoms with Gasteiger partial charge < -0.3 is 25.4 Å². The van der Waals surface area contributed by atoms with Gasteiger partial charge in [0.25, 0.3) is 5.91 Å². The molecule has 1 aromatic rings. The van der Waals surface area contributed by atoms with Crippen LogP contribution in [-0.2, 0) is 19.2 Å². The minimum absolute atomic E-state index is 0.0277. The van der Waals surface area contributed by atoms with Gasteiger partial charge >= 0.3 is 5.97 Å². The number of anilines is 1. The highest BCUT2D eigenvalue weighted by Crippen LogP contribution is 2.17. The van der Waals surface area contributed by atoms with Gasteiger partial charge in [0.2, 0.25) is 11.8 Å². The first kappa shape index (κ1) is 27.7. The molecule has 1 atom stereocenters. The largest absolute Gasteiger partial charge is 0.494 e. The Kier molecular flexibility index (Phi) is 12.3. The van der Waals surface area contributed by atoms with Crippen LogP contribution in [0.4, 0.5) is 5.69 Å². The van der Waals surface area contributed by atoms with Gasteiger partial charge in [0.1, 0.15) is 5.75 Å². The van der Waals surface area contributed by atoms with Gasteiger partial charge in [-0.2, -0.15) is 0 Å². The first-order chi connectivity index (χ1) is 15.6. The number of amides is 3. The van der Waals surface area contributed by atoms with Gasteiger partial charge in [-0.3, -0.25) is 29.6 Å². The summed E-state index contributed by atoms with van der Waals surface area (Å²) < 4.78 is 5.50. The number of hydrazine groups is 1. The number of carboxylic acids is 1. The molecule has 0 saturated carbocycles. The van der Waals surface area contributed by atoms with Gasteiger partial charge in [-0.25, -0.2) is 0 Å². The van der Waals surface area contributed by atoms with Crippen molar-refractivity contribution in [2.24, 2.45) is 0 Å². The Morgan fingerprint density at radius 2 is 1.73 bits per heavy atom. The number of nitrogens with one attached hydrogen (secondary N) is 3. The summed E-state index contributed by atoms with van der Waals surface area (Å²) in [6, 6.07) is 6.71. The van der Waals surface area contributed by atoms with E-state index in [2.05, 4.69) is 16.1 Å². The van der Waals surface area contributed by atoms with E-state index in [0.29, 0.717) is 24.3 Å². The van der Waals surface area contributed by atoms with E-state index in [0.717, 1.165) is 11.6 Å². The third-order valence-electron chi connectivity index (χ3n) is 4.41. The van der Waals surface area contributed by atoms with E-state index >= 15 is 0 Å². The number of likely N-dealkylation sites (N-methyl/N-ethyl adjacent to an activating group) is 1. The quantitative estimate of drug-likeness (QED) is 0.181. The highest BCUT2D eigenvalue weighted by atomic mass is 16.5. The first-order valence-electron chi connectivity index (χ1n) is 10.9. The Hall–Kier alpha value is -3.34. The maximum Gasteiger partial charge on any atom is 0.303 e. The lowest BCUT2D eigenvalue weighted by Crippen LogP contribution is -2.57. The van der Waals surface area contributed by atoms with E-state index in [1.54, 1.807) is 31.2 Å². The van der Waals surface area contributed by atoms with Gasteiger partial charge in [0.15, 0.2) is 6.17 Å². The van der Waals surface area contributed by atoms with E-state index in [1.165, 1.54) is 6.92 Å². The smallest absolute Gasteiger partial charge is 0.303 e. The fraction of sp³-hybridized carbons (Fsp3) is 0.545. The molecule has 0 radical (unpaired) electrons. The van der Waals surface area contributed by atoms with Crippen molar-refractivity contribution >= 4 is 29.4 Å². The highest BCUT2D eigenvalue weighted by molar-refractivity contribution is 5.90. The van der Waals surface area contributed by atoms with Crippen molar-refractivity contribution < 1.29 is 29.0 Å². The van der Waals surface area contributed by atoms with Crippen LogP contribution in [0.1, 0.15) is 39.5 Å². The molecule has 0 aromatic heterocycles. The summed E-state index contributed by atoms with van der Waals surface area (Å²) in [5.41, 5.74) is 3.01. The highest BCUT2D eigenvalue weighted by Gasteiger charge is 2.26. The minimum Gasteiger partial charge on any atom is -0.494 e. The molecule has 184 valence electrons. The minimum atomic E-state index is -1.09. The van der Waals surface area contributed by atoms with Gasteiger partial charge in [-0.05, 0) is 64.7 Å². The lowest BCUT2D eigenvalue weighted by atomic mass is 10.2. The van der Waals surface area contributed by atoms with Crippen LogP contribution >= 0.6 is 0 Å². The Morgan fingerprint density at radius 1 is 1.06 bits per heavy atom. The predicted molar refractivity (Wildman–Crippen MR) is 123 cm³/mol. The second kappa shape index (κ2) is 14.7. The van der Waals surface area contributed by atoms with Crippen molar-refractivity contribution in [3.05, 3.63) is 24.3 Å². The van der Waals surface area contributed by atoms with Crippen molar-refractivity contribution in [2.45, 2.75) is 45.7 Å². The molecule has 4 N–H and O–H groups in total. The van der Waals surface area contributed by atoms with Crippen LogP contribution in [0.3, 0.4) is 0 Å². The second-order valence-electron chi connectivity index (χ2n) is 7.67. The van der Waals surface area contributed by atoms with Crippen molar-refractivity contribution in [1.29, 1.82) is 0 Å². The van der Waals surface area contributed by atoms with Crippen LogP contribution in [0.25, 0.3) is 0 Å². The molecule has 0 spiro atoms. The number of hydrogen-bond acceptors (Lipinski definition) is 7.